The Morgan fingerprint density at radius 3 is 1.93 bits per heavy atom. The molecule has 0 atom stereocenters. The van der Waals surface area contributed by atoms with Crippen LogP contribution in [0.4, 0.5) is 22.9 Å². The van der Waals surface area contributed by atoms with Crippen molar-refractivity contribution in [2.75, 3.05) is 16.0 Å². The fraction of sp³-hybridized carbons (Fsp3) is 0.0526. The van der Waals surface area contributed by atoms with Crippen molar-refractivity contribution in [3.05, 3.63) is 71.4 Å². The zero-order chi connectivity index (χ0) is 19.2. The third-order valence-electron chi connectivity index (χ3n) is 3.60. The van der Waals surface area contributed by atoms with E-state index < -0.39 is 0 Å². The van der Waals surface area contributed by atoms with Crippen LogP contribution in [0.1, 0.15) is 17.3 Å². The molecule has 3 N–H and O–H groups in total. The maximum Gasteiger partial charge on any atom is 0.175 e. The number of ketones is 1. The number of nitrogens with one attached hydrogen (secondary N) is 3. The maximum absolute atomic E-state index is 11.3. The van der Waals surface area contributed by atoms with Gasteiger partial charge < -0.3 is 16.0 Å². The lowest BCUT2D eigenvalue weighted by molar-refractivity contribution is 0.101. The first kappa shape index (κ1) is 18.8. The topological polar surface area (TPSA) is 78.9 Å². The van der Waals surface area contributed by atoms with Crippen molar-refractivity contribution < 1.29 is 4.79 Å². The second-order valence-electron chi connectivity index (χ2n) is 5.66. The Balaban J connectivity index is 1.56. The number of halogens is 1. The Bertz CT molecular complexity index is 943. The van der Waals surface area contributed by atoms with Gasteiger partial charge in [0.15, 0.2) is 21.9 Å². The average Bonchev–Trinajstić information content (AvgIpc) is 2.65. The first-order valence-electron chi connectivity index (χ1n) is 8.05. The summed E-state index contributed by atoms with van der Waals surface area (Å²) in [7, 11) is 0. The number of thiocarbonyl (C=S) groups is 1. The van der Waals surface area contributed by atoms with E-state index in [-0.39, 0.29) is 5.78 Å². The molecule has 0 amide bonds. The van der Waals surface area contributed by atoms with Crippen molar-refractivity contribution in [3.63, 3.8) is 0 Å². The molecule has 1 heterocycles. The van der Waals surface area contributed by atoms with Gasteiger partial charge in [0.25, 0.3) is 0 Å². The van der Waals surface area contributed by atoms with Crippen molar-refractivity contribution >= 4 is 57.6 Å². The van der Waals surface area contributed by atoms with E-state index in [4.69, 9.17) is 23.8 Å². The molecule has 3 aromatic rings. The van der Waals surface area contributed by atoms with Crippen LogP contribution in [0.5, 0.6) is 0 Å². The lowest BCUT2D eigenvalue weighted by Crippen LogP contribution is -2.19. The van der Waals surface area contributed by atoms with Crippen molar-refractivity contribution in [3.8, 4) is 0 Å². The summed E-state index contributed by atoms with van der Waals surface area (Å²) in [5.74, 6) is 0.631. The van der Waals surface area contributed by atoms with E-state index >= 15 is 0 Å². The fourth-order valence-electron chi connectivity index (χ4n) is 2.25. The van der Waals surface area contributed by atoms with E-state index in [1.54, 1.807) is 24.3 Å². The number of anilines is 4. The van der Waals surface area contributed by atoms with Crippen molar-refractivity contribution in [1.82, 2.24) is 10.2 Å². The highest BCUT2D eigenvalue weighted by atomic mass is 35.5. The van der Waals surface area contributed by atoms with Crippen molar-refractivity contribution in [1.29, 1.82) is 0 Å². The molecule has 6 nitrogen and oxygen atoms in total. The summed E-state index contributed by atoms with van der Waals surface area (Å²) in [6.45, 7) is 1.53. The molecule has 0 spiro atoms. The number of carbonyl (C=O) groups excluding carboxylic acids is 1. The van der Waals surface area contributed by atoms with Crippen LogP contribution in [0.25, 0.3) is 0 Å². The third kappa shape index (κ3) is 5.47. The minimum absolute atomic E-state index is 0.0283. The highest BCUT2D eigenvalue weighted by molar-refractivity contribution is 7.80. The van der Waals surface area contributed by atoms with Crippen LogP contribution in [-0.4, -0.2) is 21.1 Å². The largest absolute Gasteiger partial charge is 0.339 e. The molecule has 0 aliphatic heterocycles. The molecule has 1 aromatic heterocycles. The Morgan fingerprint density at radius 1 is 0.852 bits per heavy atom. The molecular weight excluding hydrogens is 382 g/mol. The number of aromatic nitrogens is 2. The van der Waals surface area contributed by atoms with Gasteiger partial charge in [-0.3, -0.25) is 4.79 Å². The Kier molecular flexibility index (Phi) is 5.95. The zero-order valence-electron chi connectivity index (χ0n) is 14.4. The predicted molar refractivity (Wildman–Crippen MR) is 113 cm³/mol. The monoisotopic (exact) mass is 397 g/mol. The zero-order valence-corrected chi connectivity index (χ0v) is 15.9. The predicted octanol–water partition coefficient (Wildman–Crippen LogP) is 4.89. The lowest BCUT2D eigenvalue weighted by Gasteiger charge is -2.12. The number of Topliss-reactive ketones (excluding diaryl/α,β-unsaturated/α-hetero) is 1. The Hall–Kier alpha value is -3.03. The molecule has 0 saturated heterocycles. The first-order valence-corrected chi connectivity index (χ1v) is 8.83. The quantitative estimate of drug-likeness (QED) is 0.418. The summed E-state index contributed by atoms with van der Waals surface area (Å²) in [5, 5.41) is 17.8. The molecule has 27 heavy (non-hydrogen) atoms. The van der Waals surface area contributed by atoms with Crippen LogP contribution in [0.3, 0.4) is 0 Å². The molecule has 2 aromatic carbocycles. The van der Waals surface area contributed by atoms with Gasteiger partial charge in [0.1, 0.15) is 0 Å². The molecule has 0 bridgehead atoms. The molecule has 136 valence electrons. The summed E-state index contributed by atoms with van der Waals surface area (Å²) < 4.78 is 0. The van der Waals surface area contributed by atoms with Crippen LogP contribution in [-0.2, 0) is 0 Å². The second kappa shape index (κ2) is 8.57. The molecule has 0 radical (unpaired) electrons. The summed E-state index contributed by atoms with van der Waals surface area (Å²) in [6, 6.07) is 18.1. The number of rotatable bonds is 5. The van der Waals surface area contributed by atoms with E-state index in [0.29, 0.717) is 21.6 Å². The van der Waals surface area contributed by atoms with Crippen LogP contribution in [0.15, 0.2) is 60.7 Å². The van der Waals surface area contributed by atoms with E-state index in [1.165, 1.54) is 6.92 Å². The molecule has 8 heteroatoms. The average molecular weight is 398 g/mol. The molecule has 0 saturated carbocycles. The van der Waals surface area contributed by atoms with E-state index in [9.17, 15) is 4.79 Å². The molecule has 0 aliphatic rings. The fourth-order valence-corrected chi connectivity index (χ4v) is 2.59. The van der Waals surface area contributed by atoms with Gasteiger partial charge in [0.05, 0.1) is 0 Å². The smallest absolute Gasteiger partial charge is 0.175 e. The van der Waals surface area contributed by atoms with Crippen LogP contribution in [0, 0.1) is 0 Å². The van der Waals surface area contributed by atoms with Gasteiger partial charge in [0, 0.05) is 22.6 Å². The van der Waals surface area contributed by atoms with E-state index in [0.717, 1.165) is 17.1 Å². The molecule has 0 unspecified atom stereocenters. The Morgan fingerprint density at radius 2 is 1.41 bits per heavy atom. The van der Waals surface area contributed by atoms with Crippen molar-refractivity contribution in [2.24, 2.45) is 0 Å². The van der Waals surface area contributed by atoms with Gasteiger partial charge in [-0.05, 0) is 79.8 Å². The third-order valence-corrected chi connectivity index (χ3v) is 4.00. The van der Waals surface area contributed by atoms with Crippen LogP contribution >= 0.6 is 23.8 Å². The maximum atomic E-state index is 11.3. The standard InChI is InChI=1S/C19H16ClN5OS/c1-12(26)13-2-4-15(5-3-13)22-19(27)23-16-8-6-14(7-9-16)21-18-11-10-17(20)24-25-18/h2-11H,1H3,(H,21,25)(H2,22,23,27). The summed E-state index contributed by atoms with van der Waals surface area (Å²) >= 11 is 11.0. The minimum atomic E-state index is 0.0283. The number of carbonyl (C=O) groups is 1. The van der Waals surface area contributed by atoms with E-state index in [1.807, 2.05) is 36.4 Å². The number of hydrogen-bond acceptors (Lipinski definition) is 5. The highest BCUT2D eigenvalue weighted by Crippen LogP contribution is 2.18. The van der Waals surface area contributed by atoms with Gasteiger partial charge in [-0.15, -0.1) is 10.2 Å². The number of nitrogens with zero attached hydrogens (tertiary/aromatic N) is 2. The Labute approximate surface area is 167 Å². The molecule has 0 aliphatic carbocycles. The van der Waals surface area contributed by atoms with Gasteiger partial charge in [-0.25, -0.2) is 0 Å². The first-order chi connectivity index (χ1) is 13.0. The lowest BCUT2D eigenvalue weighted by atomic mass is 10.1. The van der Waals surface area contributed by atoms with E-state index in [2.05, 4.69) is 26.1 Å². The molecular formula is C19H16ClN5OS. The van der Waals surface area contributed by atoms with Gasteiger partial charge in [-0.2, -0.15) is 0 Å². The highest BCUT2D eigenvalue weighted by Gasteiger charge is 2.03. The number of benzene rings is 2. The SMILES string of the molecule is CC(=O)c1ccc(NC(=S)Nc2ccc(Nc3ccc(Cl)nn3)cc2)cc1. The molecule has 0 fully saturated rings. The number of hydrogen-bond donors (Lipinski definition) is 3. The van der Waals surface area contributed by atoms with Gasteiger partial charge >= 0.3 is 0 Å². The second-order valence-corrected chi connectivity index (χ2v) is 6.45. The van der Waals surface area contributed by atoms with Gasteiger partial charge in [-0.1, -0.05) is 11.6 Å². The van der Waals surface area contributed by atoms with Crippen LogP contribution in [0.2, 0.25) is 5.15 Å². The molecule has 3 rings (SSSR count). The van der Waals surface area contributed by atoms with Crippen molar-refractivity contribution in [2.45, 2.75) is 6.92 Å². The van der Waals surface area contributed by atoms with Gasteiger partial charge in [0.2, 0.25) is 0 Å². The summed E-state index contributed by atoms with van der Waals surface area (Å²) in [5.41, 5.74) is 3.15. The van der Waals surface area contributed by atoms with Crippen LogP contribution < -0.4 is 16.0 Å². The minimum Gasteiger partial charge on any atom is -0.339 e. The summed E-state index contributed by atoms with van der Waals surface area (Å²) in [4.78, 5) is 11.3. The summed E-state index contributed by atoms with van der Waals surface area (Å²) in [6.07, 6.45) is 0. The normalized spacial score (nSPS) is 10.1.